The van der Waals surface area contributed by atoms with Crippen LogP contribution in [0.2, 0.25) is 5.02 Å². The molecule has 2 aromatic rings. The van der Waals surface area contributed by atoms with Crippen molar-refractivity contribution in [3.05, 3.63) is 51.3 Å². The summed E-state index contributed by atoms with van der Waals surface area (Å²) in [5.41, 5.74) is 0.982. The lowest BCUT2D eigenvalue weighted by atomic mass is 10.3. The summed E-state index contributed by atoms with van der Waals surface area (Å²) in [5, 5.41) is 0.0192. The Labute approximate surface area is 112 Å². The van der Waals surface area contributed by atoms with E-state index in [4.69, 9.17) is 16.3 Å². The van der Waals surface area contributed by atoms with Gasteiger partial charge in [-0.3, -0.25) is 0 Å². The van der Waals surface area contributed by atoms with Gasteiger partial charge in [-0.1, -0.05) is 17.7 Å². The van der Waals surface area contributed by atoms with E-state index in [0.29, 0.717) is 10.4 Å². The molecule has 0 spiro atoms. The maximum absolute atomic E-state index is 13.6. The lowest BCUT2D eigenvalue weighted by Crippen LogP contribution is -1.93. The average Bonchev–Trinajstić information content (AvgIpc) is 2.28. The van der Waals surface area contributed by atoms with E-state index in [1.165, 1.54) is 12.1 Å². The Morgan fingerprint density at radius 2 is 2.18 bits per heavy atom. The van der Waals surface area contributed by atoms with Gasteiger partial charge in [0, 0.05) is 6.20 Å². The molecule has 2 rings (SSSR count). The Morgan fingerprint density at radius 3 is 2.88 bits per heavy atom. The largest absolute Gasteiger partial charge is 0.435 e. The smallest absolute Gasteiger partial charge is 0.233 e. The van der Waals surface area contributed by atoms with Crippen LogP contribution in [0.3, 0.4) is 0 Å². The third-order valence-corrected chi connectivity index (χ3v) is 2.93. The summed E-state index contributed by atoms with van der Waals surface area (Å²) >= 11 is 8.96. The Bertz CT molecular complexity index is 562. The summed E-state index contributed by atoms with van der Waals surface area (Å²) in [7, 11) is 0. The van der Waals surface area contributed by atoms with Crippen molar-refractivity contribution in [2.75, 3.05) is 0 Å². The predicted octanol–water partition coefficient (Wildman–Crippen LogP) is 4.74. The molecule has 0 N–H and O–H groups in total. The minimum absolute atomic E-state index is 0.0192. The van der Waals surface area contributed by atoms with Crippen molar-refractivity contribution in [1.29, 1.82) is 0 Å². The fourth-order valence-electron chi connectivity index (χ4n) is 1.26. The van der Waals surface area contributed by atoms with E-state index in [1.54, 1.807) is 12.3 Å². The van der Waals surface area contributed by atoms with Gasteiger partial charge in [0.15, 0.2) is 11.6 Å². The SMILES string of the molecule is Cc1cnc(Oc2cccc(Cl)c2F)c(Br)c1. The maximum atomic E-state index is 13.6. The number of hydrogen-bond donors (Lipinski definition) is 0. The maximum Gasteiger partial charge on any atom is 0.233 e. The molecule has 5 heteroatoms. The molecule has 0 aliphatic heterocycles. The molecule has 0 fully saturated rings. The number of aromatic nitrogens is 1. The zero-order valence-corrected chi connectivity index (χ0v) is 11.2. The average molecular weight is 317 g/mol. The van der Waals surface area contributed by atoms with Crippen molar-refractivity contribution in [2.24, 2.45) is 0 Å². The van der Waals surface area contributed by atoms with Gasteiger partial charge in [0.1, 0.15) is 0 Å². The summed E-state index contributed by atoms with van der Waals surface area (Å²) in [5.74, 6) is -0.241. The van der Waals surface area contributed by atoms with Gasteiger partial charge >= 0.3 is 0 Å². The van der Waals surface area contributed by atoms with E-state index in [9.17, 15) is 4.39 Å². The number of benzene rings is 1. The van der Waals surface area contributed by atoms with Crippen LogP contribution < -0.4 is 4.74 Å². The van der Waals surface area contributed by atoms with Gasteiger partial charge in [0.25, 0.3) is 0 Å². The number of halogens is 3. The highest BCUT2D eigenvalue weighted by Crippen LogP contribution is 2.31. The molecule has 0 saturated carbocycles. The summed E-state index contributed by atoms with van der Waals surface area (Å²) < 4.78 is 19.6. The highest BCUT2D eigenvalue weighted by atomic mass is 79.9. The molecule has 0 aliphatic rings. The van der Waals surface area contributed by atoms with Gasteiger partial charge in [-0.2, -0.15) is 0 Å². The molecular weight excluding hydrogens is 308 g/mol. The molecule has 17 heavy (non-hydrogen) atoms. The zero-order chi connectivity index (χ0) is 12.4. The zero-order valence-electron chi connectivity index (χ0n) is 8.88. The number of ether oxygens (including phenoxy) is 1. The first-order valence-corrected chi connectivity index (χ1v) is 5.99. The van der Waals surface area contributed by atoms with Crippen LogP contribution in [-0.2, 0) is 0 Å². The van der Waals surface area contributed by atoms with Gasteiger partial charge in [-0.05, 0) is 46.6 Å². The quantitative estimate of drug-likeness (QED) is 0.798. The second-order valence-corrected chi connectivity index (χ2v) is 4.72. The molecule has 1 heterocycles. The molecule has 0 aliphatic carbocycles. The Morgan fingerprint density at radius 1 is 1.41 bits per heavy atom. The van der Waals surface area contributed by atoms with Crippen LogP contribution in [0.15, 0.2) is 34.9 Å². The molecule has 0 unspecified atom stereocenters. The molecule has 0 radical (unpaired) electrons. The van der Waals surface area contributed by atoms with E-state index in [2.05, 4.69) is 20.9 Å². The molecule has 0 atom stereocenters. The van der Waals surface area contributed by atoms with Crippen molar-refractivity contribution >= 4 is 27.5 Å². The third kappa shape index (κ3) is 2.76. The summed E-state index contributed by atoms with van der Waals surface area (Å²) in [6.07, 6.45) is 1.64. The predicted molar refractivity (Wildman–Crippen MR) is 68.2 cm³/mol. The topological polar surface area (TPSA) is 22.1 Å². The van der Waals surface area contributed by atoms with Gasteiger partial charge in [-0.15, -0.1) is 0 Å². The lowest BCUT2D eigenvalue weighted by Gasteiger charge is -2.08. The molecule has 88 valence electrons. The van der Waals surface area contributed by atoms with Crippen LogP contribution in [-0.4, -0.2) is 4.98 Å². The molecule has 1 aromatic carbocycles. The number of pyridine rings is 1. The normalized spacial score (nSPS) is 10.4. The van der Waals surface area contributed by atoms with Crippen molar-refractivity contribution in [1.82, 2.24) is 4.98 Å². The van der Waals surface area contributed by atoms with Gasteiger partial charge < -0.3 is 4.74 Å². The second-order valence-electron chi connectivity index (χ2n) is 3.45. The van der Waals surface area contributed by atoms with Crippen LogP contribution in [0.25, 0.3) is 0 Å². The van der Waals surface area contributed by atoms with Crippen molar-refractivity contribution in [2.45, 2.75) is 6.92 Å². The third-order valence-electron chi connectivity index (χ3n) is 2.07. The van der Waals surface area contributed by atoms with E-state index >= 15 is 0 Å². The first-order valence-electron chi connectivity index (χ1n) is 4.82. The molecule has 2 nitrogen and oxygen atoms in total. The van der Waals surface area contributed by atoms with Crippen LogP contribution in [0.1, 0.15) is 5.56 Å². The Hall–Kier alpha value is -1.13. The van der Waals surface area contributed by atoms with Crippen LogP contribution in [0.4, 0.5) is 4.39 Å². The highest BCUT2D eigenvalue weighted by molar-refractivity contribution is 9.10. The summed E-state index contributed by atoms with van der Waals surface area (Å²) in [6.45, 7) is 1.90. The fraction of sp³-hybridized carbons (Fsp3) is 0.0833. The van der Waals surface area contributed by atoms with Crippen LogP contribution in [0, 0.1) is 12.7 Å². The van der Waals surface area contributed by atoms with Crippen molar-refractivity contribution in [3.63, 3.8) is 0 Å². The molecule has 0 saturated heterocycles. The highest BCUT2D eigenvalue weighted by Gasteiger charge is 2.11. The van der Waals surface area contributed by atoms with E-state index in [-0.39, 0.29) is 10.8 Å². The lowest BCUT2D eigenvalue weighted by molar-refractivity contribution is 0.425. The molecule has 1 aromatic heterocycles. The van der Waals surface area contributed by atoms with Gasteiger partial charge in [0.05, 0.1) is 9.50 Å². The first-order chi connectivity index (χ1) is 8.08. The molecule has 0 bridgehead atoms. The minimum Gasteiger partial charge on any atom is -0.435 e. The fourth-order valence-corrected chi connectivity index (χ4v) is 1.97. The number of nitrogens with zero attached hydrogens (tertiary/aromatic N) is 1. The number of hydrogen-bond acceptors (Lipinski definition) is 2. The monoisotopic (exact) mass is 315 g/mol. The van der Waals surface area contributed by atoms with Crippen molar-refractivity contribution < 1.29 is 9.13 Å². The summed E-state index contributed by atoms with van der Waals surface area (Å²) in [6, 6.07) is 6.41. The number of rotatable bonds is 2. The van der Waals surface area contributed by atoms with E-state index < -0.39 is 5.82 Å². The van der Waals surface area contributed by atoms with Crippen molar-refractivity contribution in [3.8, 4) is 11.6 Å². The van der Waals surface area contributed by atoms with Gasteiger partial charge in [-0.25, -0.2) is 9.37 Å². The van der Waals surface area contributed by atoms with E-state index in [1.807, 2.05) is 13.0 Å². The Balaban J connectivity index is 2.35. The standard InChI is InChI=1S/C12H8BrClFNO/c1-7-5-8(13)12(16-6-7)17-10-4-2-3-9(14)11(10)15/h2-6H,1H3. The first kappa shape index (κ1) is 12.3. The minimum atomic E-state index is -0.594. The summed E-state index contributed by atoms with van der Waals surface area (Å²) in [4.78, 5) is 4.07. The van der Waals surface area contributed by atoms with Gasteiger partial charge in [0.2, 0.25) is 5.88 Å². The Kier molecular flexibility index (Phi) is 3.64. The van der Waals surface area contributed by atoms with Crippen LogP contribution >= 0.6 is 27.5 Å². The molecule has 0 amide bonds. The van der Waals surface area contributed by atoms with Crippen LogP contribution in [0.5, 0.6) is 11.6 Å². The second kappa shape index (κ2) is 5.02. The number of aryl methyl sites for hydroxylation is 1. The van der Waals surface area contributed by atoms with E-state index in [0.717, 1.165) is 5.56 Å². The molecular formula is C12H8BrClFNO.